The van der Waals surface area contributed by atoms with E-state index in [1.54, 1.807) is 30.3 Å². The predicted molar refractivity (Wildman–Crippen MR) is 145 cm³/mol. The number of aromatic nitrogens is 7. The van der Waals surface area contributed by atoms with E-state index in [2.05, 4.69) is 35.9 Å². The number of amides is 1. The highest BCUT2D eigenvalue weighted by atomic mass is 35.5. The minimum atomic E-state index is -0.282. The number of nitrogens with one attached hydrogen (secondary N) is 2. The van der Waals surface area contributed by atoms with Gasteiger partial charge in [0, 0.05) is 42.8 Å². The van der Waals surface area contributed by atoms with Crippen molar-refractivity contribution in [1.82, 2.24) is 39.8 Å². The fourth-order valence-electron chi connectivity index (χ4n) is 4.15. The highest BCUT2D eigenvalue weighted by Gasteiger charge is 2.19. The summed E-state index contributed by atoms with van der Waals surface area (Å²) in [6, 6.07) is 5.59. The second-order valence-corrected chi connectivity index (χ2v) is 8.91. The Kier molecular flexibility index (Phi) is 7.33. The topological polar surface area (TPSA) is 151 Å². The molecule has 0 aliphatic rings. The molecule has 0 saturated heterocycles. The van der Waals surface area contributed by atoms with Crippen LogP contribution in [0.3, 0.4) is 0 Å². The van der Waals surface area contributed by atoms with Crippen molar-refractivity contribution in [2.45, 2.75) is 26.4 Å². The van der Waals surface area contributed by atoms with Gasteiger partial charge < -0.3 is 21.1 Å². The molecule has 4 aromatic heterocycles. The van der Waals surface area contributed by atoms with E-state index in [4.69, 9.17) is 22.1 Å². The fourth-order valence-corrected chi connectivity index (χ4v) is 4.43. The van der Waals surface area contributed by atoms with E-state index >= 15 is 0 Å². The average Bonchev–Trinajstić information content (AvgIpc) is 3.59. The smallest absolute Gasteiger partial charge is 0.271 e. The molecule has 196 valence electrons. The summed E-state index contributed by atoms with van der Waals surface area (Å²) in [5.41, 5.74) is 7.46. The third kappa shape index (κ3) is 4.83. The SMILES string of the molecule is CCn1ncc2c3c(NCc4ccc(OC)c(Cl)c4)nnc(-n4cnc(C(=O)NCCCN)c4)c3cnc21. The minimum absolute atomic E-state index is 0.267. The zero-order valence-corrected chi connectivity index (χ0v) is 21.7. The van der Waals surface area contributed by atoms with Gasteiger partial charge in [0.2, 0.25) is 0 Å². The fraction of sp³-hybridized carbons (Fsp3) is 0.280. The first-order valence-electron chi connectivity index (χ1n) is 12.1. The van der Waals surface area contributed by atoms with Crippen LogP contribution in [0.2, 0.25) is 5.02 Å². The van der Waals surface area contributed by atoms with Crippen molar-refractivity contribution in [3.63, 3.8) is 0 Å². The molecule has 0 spiro atoms. The molecule has 0 saturated carbocycles. The number of nitrogens with zero attached hydrogens (tertiary/aromatic N) is 7. The monoisotopic (exact) mass is 534 g/mol. The summed E-state index contributed by atoms with van der Waals surface area (Å²) in [5.74, 6) is 1.39. The number of aryl methyl sites for hydroxylation is 1. The van der Waals surface area contributed by atoms with Crippen LogP contribution >= 0.6 is 11.6 Å². The van der Waals surface area contributed by atoms with Crippen LogP contribution in [0.25, 0.3) is 27.6 Å². The second-order valence-electron chi connectivity index (χ2n) is 8.50. The Morgan fingerprint density at radius 1 is 1.18 bits per heavy atom. The van der Waals surface area contributed by atoms with Crippen LogP contribution in [-0.2, 0) is 13.1 Å². The van der Waals surface area contributed by atoms with Gasteiger partial charge in [-0.05, 0) is 37.6 Å². The molecule has 0 fully saturated rings. The highest BCUT2D eigenvalue weighted by molar-refractivity contribution is 6.32. The zero-order chi connectivity index (χ0) is 26.6. The van der Waals surface area contributed by atoms with E-state index in [1.807, 2.05) is 29.8 Å². The molecule has 5 aromatic rings. The van der Waals surface area contributed by atoms with Gasteiger partial charge in [-0.15, -0.1) is 10.2 Å². The van der Waals surface area contributed by atoms with Crippen molar-refractivity contribution in [2.75, 3.05) is 25.5 Å². The van der Waals surface area contributed by atoms with E-state index in [0.717, 1.165) is 27.4 Å². The van der Waals surface area contributed by atoms with Crippen molar-refractivity contribution >= 4 is 45.1 Å². The van der Waals surface area contributed by atoms with Crippen molar-refractivity contribution in [1.29, 1.82) is 0 Å². The lowest BCUT2D eigenvalue weighted by Crippen LogP contribution is -2.26. The lowest BCUT2D eigenvalue weighted by Gasteiger charge is -2.13. The summed E-state index contributed by atoms with van der Waals surface area (Å²) in [7, 11) is 1.58. The van der Waals surface area contributed by atoms with Gasteiger partial charge in [0.1, 0.15) is 17.8 Å². The second kappa shape index (κ2) is 11.0. The van der Waals surface area contributed by atoms with E-state index in [-0.39, 0.29) is 11.6 Å². The number of carbonyl (C=O) groups excluding carboxylic acids is 1. The van der Waals surface area contributed by atoms with Crippen molar-refractivity contribution < 1.29 is 9.53 Å². The maximum Gasteiger partial charge on any atom is 0.271 e. The van der Waals surface area contributed by atoms with Crippen LogP contribution < -0.4 is 21.1 Å². The summed E-state index contributed by atoms with van der Waals surface area (Å²) in [4.78, 5) is 21.4. The predicted octanol–water partition coefficient (Wildman–Crippen LogP) is 2.93. The number of pyridine rings is 1. The largest absolute Gasteiger partial charge is 0.495 e. The van der Waals surface area contributed by atoms with Gasteiger partial charge in [-0.3, -0.25) is 9.36 Å². The molecule has 1 aromatic carbocycles. The Morgan fingerprint density at radius 2 is 2.05 bits per heavy atom. The van der Waals surface area contributed by atoms with Gasteiger partial charge in [0.25, 0.3) is 5.91 Å². The van der Waals surface area contributed by atoms with Gasteiger partial charge in [-0.1, -0.05) is 17.7 Å². The van der Waals surface area contributed by atoms with Gasteiger partial charge in [-0.2, -0.15) is 5.10 Å². The summed E-state index contributed by atoms with van der Waals surface area (Å²) in [6.45, 7) is 4.11. The number of fused-ring (bicyclic) bond motifs is 3. The average molecular weight is 535 g/mol. The molecular formula is C25H27ClN10O2. The molecule has 0 unspecified atom stereocenters. The molecule has 0 bridgehead atoms. The Morgan fingerprint density at radius 3 is 2.82 bits per heavy atom. The van der Waals surface area contributed by atoms with Crippen LogP contribution in [0.4, 0.5) is 5.82 Å². The number of anilines is 1. The number of carbonyl (C=O) groups is 1. The Balaban J connectivity index is 1.54. The lowest BCUT2D eigenvalue weighted by molar-refractivity contribution is 0.0949. The maximum absolute atomic E-state index is 12.5. The standard InChI is InChI=1S/C25H27ClN10O2/c1-3-36-23-17(12-32-36)21-16(11-30-23)24(35-13-19(31-14-35)25(37)28-8-4-7-27)34-33-22(21)29-10-15-5-6-20(38-2)18(26)9-15/h5-6,9,11-14H,3-4,7-8,10,27H2,1-2H3,(H,28,37)(H,29,33). The first kappa shape index (κ1) is 25.4. The summed E-state index contributed by atoms with van der Waals surface area (Å²) in [5, 5.41) is 22.5. The molecular weight excluding hydrogens is 508 g/mol. The van der Waals surface area contributed by atoms with Crippen molar-refractivity contribution in [3.8, 4) is 11.6 Å². The van der Waals surface area contributed by atoms with Crippen LogP contribution in [0, 0.1) is 0 Å². The number of hydrogen-bond acceptors (Lipinski definition) is 9. The Bertz CT molecular complexity index is 1610. The third-order valence-electron chi connectivity index (χ3n) is 6.09. The van der Waals surface area contributed by atoms with Gasteiger partial charge in [0.05, 0.1) is 23.7 Å². The Hall–Kier alpha value is -4.29. The molecule has 0 aliphatic heterocycles. The molecule has 1 amide bonds. The van der Waals surface area contributed by atoms with Crippen LogP contribution in [-0.4, -0.2) is 60.6 Å². The summed E-state index contributed by atoms with van der Waals surface area (Å²) >= 11 is 6.31. The number of ether oxygens (including phenoxy) is 1. The number of methoxy groups -OCH3 is 1. The highest BCUT2D eigenvalue weighted by Crippen LogP contribution is 2.32. The first-order chi connectivity index (χ1) is 18.5. The third-order valence-corrected chi connectivity index (χ3v) is 6.39. The normalized spacial score (nSPS) is 11.3. The molecule has 0 aliphatic carbocycles. The molecule has 12 nitrogen and oxygen atoms in total. The van der Waals surface area contributed by atoms with Crippen LogP contribution in [0.5, 0.6) is 5.75 Å². The molecule has 0 radical (unpaired) electrons. The van der Waals surface area contributed by atoms with E-state index in [9.17, 15) is 4.79 Å². The maximum atomic E-state index is 12.5. The van der Waals surface area contributed by atoms with Crippen molar-refractivity contribution in [2.24, 2.45) is 5.73 Å². The number of imidazole rings is 1. The number of rotatable bonds is 10. The molecule has 38 heavy (non-hydrogen) atoms. The molecule has 5 rings (SSSR count). The molecule has 4 N–H and O–H groups in total. The van der Waals surface area contributed by atoms with Gasteiger partial charge in [-0.25, -0.2) is 14.6 Å². The first-order valence-corrected chi connectivity index (χ1v) is 12.5. The Labute approximate surface area is 223 Å². The van der Waals surface area contributed by atoms with Crippen LogP contribution in [0.1, 0.15) is 29.4 Å². The molecule has 13 heteroatoms. The number of nitrogens with two attached hydrogens (primary N) is 1. The number of halogens is 1. The van der Waals surface area contributed by atoms with E-state index in [0.29, 0.717) is 55.0 Å². The minimum Gasteiger partial charge on any atom is -0.495 e. The summed E-state index contributed by atoms with van der Waals surface area (Å²) in [6.07, 6.45) is 7.36. The summed E-state index contributed by atoms with van der Waals surface area (Å²) < 4.78 is 8.74. The van der Waals surface area contributed by atoms with E-state index in [1.165, 1.54) is 6.33 Å². The zero-order valence-electron chi connectivity index (χ0n) is 21.0. The molecule has 4 heterocycles. The molecule has 0 atom stereocenters. The van der Waals surface area contributed by atoms with Gasteiger partial charge in [0.15, 0.2) is 17.3 Å². The van der Waals surface area contributed by atoms with Crippen molar-refractivity contribution in [3.05, 3.63) is 59.4 Å². The van der Waals surface area contributed by atoms with Gasteiger partial charge >= 0.3 is 0 Å². The van der Waals surface area contributed by atoms with E-state index < -0.39 is 0 Å². The quantitative estimate of drug-likeness (QED) is 0.230. The number of benzene rings is 1. The number of hydrogen-bond donors (Lipinski definition) is 3. The van der Waals surface area contributed by atoms with Crippen LogP contribution in [0.15, 0.2) is 43.1 Å². The lowest BCUT2D eigenvalue weighted by atomic mass is 10.1.